The summed E-state index contributed by atoms with van der Waals surface area (Å²) in [5.74, 6) is 0.502. The molecule has 0 saturated carbocycles. The Morgan fingerprint density at radius 2 is 1.84 bits per heavy atom. The zero-order valence-electron chi connectivity index (χ0n) is 16.4. The van der Waals surface area contributed by atoms with Crippen molar-refractivity contribution in [2.45, 2.75) is 28.8 Å². The number of aryl methyl sites for hydroxylation is 2. The van der Waals surface area contributed by atoms with Crippen LogP contribution in [0.3, 0.4) is 0 Å². The largest absolute Gasteiger partial charge is 0.418 e. The van der Waals surface area contributed by atoms with Crippen molar-refractivity contribution in [3.05, 3.63) is 87.7 Å². The lowest BCUT2D eigenvalue weighted by molar-refractivity contribution is -0.140. The molecule has 1 N–H and O–H groups in total. The highest BCUT2D eigenvalue weighted by Crippen LogP contribution is 2.41. The normalized spacial score (nSPS) is 11.5. The first-order valence-corrected chi connectivity index (χ1v) is 12.0. The number of pyridine rings is 2. The van der Waals surface area contributed by atoms with Crippen LogP contribution in [0.1, 0.15) is 16.8 Å². The molecule has 0 aliphatic rings. The van der Waals surface area contributed by atoms with Crippen LogP contribution >= 0.6 is 39.0 Å². The minimum Gasteiger partial charge on any atom is -0.316 e. The van der Waals surface area contributed by atoms with Crippen LogP contribution in [0, 0.1) is 0 Å². The summed E-state index contributed by atoms with van der Waals surface area (Å²) in [4.78, 5) is 13.2. The Morgan fingerprint density at radius 3 is 2.62 bits per heavy atom. The van der Waals surface area contributed by atoms with E-state index in [2.05, 4.69) is 48.3 Å². The number of thiazole rings is 1. The molecule has 3 heterocycles. The van der Waals surface area contributed by atoms with Crippen molar-refractivity contribution in [2.75, 3.05) is 5.32 Å². The third-order valence-electron chi connectivity index (χ3n) is 4.43. The number of nitrogens with one attached hydrogen (secondary N) is 1. The maximum absolute atomic E-state index is 13.3. The van der Waals surface area contributed by atoms with Crippen LogP contribution in [0.15, 0.2) is 80.7 Å². The van der Waals surface area contributed by atoms with Crippen molar-refractivity contribution in [3.63, 3.8) is 0 Å². The molecule has 0 bridgehead atoms. The molecule has 0 amide bonds. The number of nitrogens with zero attached hydrogens (tertiary/aromatic N) is 3. The summed E-state index contributed by atoms with van der Waals surface area (Å²) in [6.07, 6.45) is 0.979. The topological polar surface area (TPSA) is 50.7 Å². The average Bonchev–Trinajstić information content (AvgIpc) is 3.22. The summed E-state index contributed by atoms with van der Waals surface area (Å²) in [6.45, 7) is 0. The SMILES string of the molecule is FC(F)(F)c1cnccc1Sc1cc(Nc2nc(CCc3ccccc3)cs2)ncc1Br. The van der Waals surface area contributed by atoms with Crippen molar-refractivity contribution in [3.8, 4) is 0 Å². The Labute approximate surface area is 199 Å². The second-order valence-corrected chi connectivity index (χ2v) is 9.52. The Morgan fingerprint density at radius 1 is 1.03 bits per heavy atom. The predicted molar refractivity (Wildman–Crippen MR) is 125 cm³/mol. The van der Waals surface area contributed by atoms with Gasteiger partial charge in [0.1, 0.15) is 5.82 Å². The van der Waals surface area contributed by atoms with Crippen LogP contribution in [-0.4, -0.2) is 15.0 Å². The lowest BCUT2D eigenvalue weighted by atomic mass is 10.1. The molecule has 0 aliphatic carbocycles. The first-order chi connectivity index (χ1) is 15.4. The minimum absolute atomic E-state index is 0.0720. The van der Waals surface area contributed by atoms with Gasteiger partial charge < -0.3 is 5.32 Å². The van der Waals surface area contributed by atoms with E-state index in [0.29, 0.717) is 20.3 Å². The molecule has 164 valence electrons. The number of hydrogen-bond donors (Lipinski definition) is 1. The number of alkyl halides is 3. The van der Waals surface area contributed by atoms with E-state index in [4.69, 9.17) is 0 Å². The van der Waals surface area contributed by atoms with Gasteiger partial charge in [-0.05, 0) is 46.5 Å². The van der Waals surface area contributed by atoms with Crippen molar-refractivity contribution in [2.24, 2.45) is 0 Å². The molecule has 3 aromatic heterocycles. The molecule has 1 aromatic carbocycles. The van der Waals surface area contributed by atoms with E-state index in [-0.39, 0.29) is 4.90 Å². The third-order valence-corrected chi connectivity index (χ3v) is 7.26. The molecule has 10 heteroatoms. The molecule has 4 rings (SSSR count). The van der Waals surface area contributed by atoms with E-state index in [1.165, 1.54) is 29.2 Å². The summed E-state index contributed by atoms with van der Waals surface area (Å²) in [7, 11) is 0. The molecule has 0 atom stereocenters. The molecule has 4 nitrogen and oxygen atoms in total. The van der Waals surface area contributed by atoms with Gasteiger partial charge in [-0.25, -0.2) is 9.97 Å². The van der Waals surface area contributed by atoms with Gasteiger partial charge in [-0.3, -0.25) is 4.98 Å². The van der Waals surface area contributed by atoms with Crippen molar-refractivity contribution >= 4 is 50.0 Å². The Kier molecular flexibility index (Phi) is 7.12. The van der Waals surface area contributed by atoms with Crippen LogP contribution in [-0.2, 0) is 19.0 Å². The summed E-state index contributed by atoms with van der Waals surface area (Å²) < 4.78 is 40.5. The van der Waals surface area contributed by atoms with Gasteiger partial charge in [-0.1, -0.05) is 42.1 Å². The average molecular weight is 537 g/mol. The molecule has 0 unspecified atom stereocenters. The standard InChI is InChI=1S/C22H16BrF3N4S2/c23-17-12-28-20(10-19(17)32-18-8-9-27-11-16(18)22(24,25)26)30-21-29-15(13-31-21)7-6-14-4-2-1-3-5-14/h1-5,8-13H,6-7H2,(H,28,29,30). The van der Waals surface area contributed by atoms with E-state index in [1.54, 1.807) is 12.3 Å². The first-order valence-electron chi connectivity index (χ1n) is 9.48. The molecule has 0 aliphatic heterocycles. The fraction of sp³-hybridized carbons (Fsp3) is 0.136. The van der Waals surface area contributed by atoms with Gasteiger partial charge in [0.05, 0.1) is 11.3 Å². The van der Waals surface area contributed by atoms with Crippen LogP contribution in [0.5, 0.6) is 0 Å². The van der Waals surface area contributed by atoms with Gasteiger partial charge >= 0.3 is 6.18 Å². The quantitative estimate of drug-likeness (QED) is 0.266. The third kappa shape index (κ3) is 5.87. The van der Waals surface area contributed by atoms with Gasteiger partial charge in [0.15, 0.2) is 5.13 Å². The minimum atomic E-state index is -4.48. The summed E-state index contributed by atoms with van der Waals surface area (Å²) in [6, 6.07) is 13.2. The second-order valence-electron chi connectivity index (χ2n) is 6.73. The van der Waals surface area contributed by atoms with Gasteiger partial charge in [0, 0.05) is 38.2 Å². The van der Waals surface area contributed by atoms with Crippen LogP contribution in [0.2, 0.25) is 0 Å². The van der Waals surface area contributed by atoms with E-state index in [0.717, 1.165) is 36.5 Å². The number of anilines is 2. The number of aromatic nitrogens is 3. The highest BCUT2D eigenvalue weighted by molar-refractivity contribution is 9.10. The Balaban J connectivity index is 1.46. The Bertz CT molecular complexity index is 1200. The Hall–Kier alpha value is -2.43. The molecule has 0 fully saturated rings. The lowest BCUT2D eigenvalue weighted by Crippen LogP contribution is -2.07. The molecule has 0 saturated heterocycles. The molecule has 32 heavy (non-hydrogen) atoms. The van der Waals surface area contributed by atoms with E-state index >= 15 is 0 Å². The van der Waals surface area contributed by atoms with Gasteiger partial charge in [-0.2, -0.15) is 13.2 Å². The van der Waals surface area contributed by atoms with E-state index in [9.17, 15) is 13.2 Å². The van der Waals surface area contributed by atoms with Gasteiger partial charge in [0.25, 0.3) is 0 Å². The summed E-state index contributed by atoms with van der Waals surface area (Å²) in [5.41, 5.74) is 1.45. The lowest BCUT2D eigenvalue weighted by Gasteiger charge is -2.13. The second kappa shape index (κ2) is 10.0. The molecule has 4 aromatic rings. The van der Waals surface area contributed by atoms with E-state index < -0.39 is 11.7 Å². The maximum atomic E-state index is 13.3. The van der Waals surface area contributed by atoms with Crippen molar-refractivity contribution in [1.29, 1.82) is 0 Å². The van der Waals surface area contributed by atoms with Gasteiger partial charge in [-0.15, -0.1) is 11.3 Å². The molecule has 0 radical (unpaired) electrons. The molecule has 0 spiro atoms. The number of halogens is 4. The highest BCUT2D eigenvalue weighted by Gasteiger charge is 2.34. The fourth-order valence-corrected chi connectivity index (χ4v) is 5.05. The number of rotatable bonds is 7. The van der Waals surface area contributed by atoms with Crippen LogP contribution < -0.4 is 5.32 Å². The number of benzene rings is 1. The molecular formula is C22H16BrF3N4S2. The zero-order chi connectivity index (χ0) is 22.6. The highest BCUT2D eigenvalue weighted by atomic mass is 79.9. The van der Waals surface area contributed by atoms with E-state index in [1.807, 2.05) is 23.6 Å². The smallest absolute Gasteiger partial charge is 0.316 e. The zero-order valence-corrected chi connectivity index (χ0v) is 19.7. The maximum Gasteiger partial charge on any atom is 0.418 e. The van der Waals surface area contributed by atoms with Crippen LogP contribution in [0.4, 0.5) is 24.1 Å². The summed E-state index contributed by atoms with van der Waals surface area (Å²) in [5, 5.41) is 5.82. The van der Waals surface area contributed by atoms with Gasteiger partial charge in [0.2, 0.25) is 0 Å². The number of hydrogen-bond acceptors (Lipinski definition) is 6. The first kappa shape index (κ1) is 22.8. The predicted octanol–water partition coefficient (Wildman–Crippen LogP) is 7.39. The van der Waals surface area contributed by atoms with Crippen molar-refractivity contribution in [1.82, 2.24) is 15.0 Å². The monoisotopic (exact) mass is 536 g/mol. The summed E-state index contributed by atoms with van der Waals surface area (Å²) >= 11 is 5.84. The fourth-order valence-electron chi connectivity index (χ4n) is 2.87. The molecular weight excluding hydrogens is 521 g/mol. The van der Waals surface area contributed by atoms with Crippen LogP contribution in [0.25, 0.3) is 0 Å². The van der Waals surface area contributed by atoms with Crippen molar-refractivity contribution < 1.29 is 13.2 Å².